The fraction of sp³-hybridized carbons (Fsp3) is 0. The summed E-state index contributed by atoms with van der Waals surface area (Å²) < 4.78 is 0. The third-order valence-corrected chi connectivity index (χ3v) is 22.5. The number of H-pyrrole nitrogens is 8. The molecule has 12 aromatic heterocycles. The molecule has 0 radical (unpaired) electrons. The fourth-order valence-electron chi connectivity index (χ4n) is 16.3. The molecule has 8 aliphatic rings. The molecular formula is C108H68N16Na4O8. The standard InChI is InChI=1S/4C27H18N4O2.4Na/c4*32-27(33)17-3-1-16(2-4-17)26-24-11-9-22(30-24)14-20-7-5-18(28-20)13-19-6-8-21(29-19)15-23-10-12-25(26)31-23;;;;/h4*1-15,28-29H,(H,32,33);;;;/q;;;;4*+1/p-4. The van der Waals surface area contributed by atoms with E-state index in [1.54, 1.807) is 97.1 Å². The van der Waals surface area contributed by atoms with Gasteiger partial charge in [-0.2, -0.15) is 0 Å². The topological polar surface area (TPSA) is 390 Å². The van der Waals surface area contributed by atoms with Gasteiger partial charge in [-0.3, -0.25) is 0 Å². The van der Waals surface area contributed by atoms with Gasteiger partial charge in [-0.05, 0) is 312 Å². The van der Waals surface area contributed by atoms with E-state index in [2.05, 4.69) is 64.1 Å². The van der Waals surface area contributed by atoms with Crippen molar-refractivity contribution >= 4 is 209 Å². The first kappa shape index (κ1) is 93.0. The van der Waals surface area contributed by atoms with Gasteiger partial charge in [-0.1, -0.05) is 97.1 Å². The second-order valence-corrected chi connectivity index (χ2v) is 31.7. The number of nitrogens with zero attached hydrogens (tertiary/aromatic N) is 8. The molecule has 0 saturated heterocycles. The minimum Gasteiger partial charge on any atom is -0.545 e. The van der Waals surface area contributed by atoms with Gasteiger partial charge in [-0.15, -0.1) is 0 Å². The van der Waals surface area contributed by atoms with Crippen LogP contribution in [0.5, 0.6) is 0 Å². The SMILES string of the molecule is O=C([O-])c1ccc(-c2c3nc(cc4ccc(cc5ccc(cc6nc2C=C6)[nH]5)[nH]4)C=C3)cc1.O=C([O-])c1ccc(-c2c3nc(cc4ccc(cc5ccc(cc6nc2C=C6)[nH]5)[nH]4)C=C3)cc1.O=C([O-])c1ccc(-c2c3nc(cc4ccc(cc5ccc(cc6nc2C=C6)[nH]5)[nH]4)C=C3)cc1.O=C([O-])c1ccc(-c2c3nc(cc4ccc(cc5ccc(cc6nc2C=C6)[nH]5)[nH]4)C=C3)cc1.[Na+].[Na+].[Na+].[Na+]. The van der Waals surface area contributed by atoms with E-state index < -0.39 is 23.9 Å². The van der Waals surface area contributed by atoms with Crippen LogP contribution in [0.2, 0.25) is 0 Å². The van der Waals surface area contributed by atoms with Crippen LogP contribution in [-0.2, 0) is 0 Å². The van der Waals surface area contributed by atoms with E-state index in [0.717, 1.165) is 224 Å². The van der Waals surface area contributed by atoms with Crippen molar-refractivity contribution in [2.24, 2.45) is 0 Å². The Balaban J connectivity index is 0.000000125. The monoisotopic (exact) mass is 1810 g/mol. The Labute approximate surface area is 862 Å². The first-order chi connectivity index (χ1) is 64.4. The normalized spacial score (nSPS) is 11.9. The summed E-state index contributed by atoms with van der Waals surface area (Å²) in [7, 11) is 0. The molecule has 20 heterocycles. The van der Waals surface area contributed by atoms with Crippen molar-refractivity contribution in [1.29, 1.82) is 0 Å². The molecule has 0 spiro atoms. The molecule has 8 aliphatic heterocycles. The van der Waals surface area contributed by atoms with E-state index in [1.807, 2.05) is 243 Å². The van der Waals surface area contributed by atoms with Gasteiger partial charge >= 0.3 is 118 Å². The average molecular weight is 1810 g/mol. The third-order valence-electron chi connectivity index (χ3n) is 22.5. The van der Waals surface area contributed by atoms with Gasteiger partial charge in [0.1, 0.15) is 0 Å². The third kappa shape index (κ3) is 21.0. The van der Waals surface area contributed by atoms with E-state index in [-0.39, 0.29) is 140 Å². The van der Waals surface area contributed by atoms with Crippen LogP contribution in [0, 0.1) is 0 Å². The van der Waals surface area contributed by atoms with Crippen molar-refractivity contribution in [1.82, 2.24) is 79.7 Å². The molecule has 632 valence electrons. The van der Waals surface area contributed by atoms with Crippen LogP contribution in [0.3, 0.4) is 0 Å². The number of carboxylic acid groups (broad SMARTS) is 4. The second kappa shape index (κ2) is 40.5. The van der Waals surface area contributed by atoms with E-state index in [0.29, 0.717) is 0 Å². The molecular weight excluding hydrogens is 1740 g/mol. The number of benzene rings is 4. The molecule has 0 amide bonds. The van der Waals surface area contributed by atoms with Crippen LogP contribution in [0.15, 0.2) is 267 Å². The number of aromatic carboxylic acids is 4. The van der Waals surface area contributed by atoms with Gasteiger partial charge in [-0.25, -0.2) is 39.9 Å². The Morgan fingerprint density at radius 2 is 0.279 bits per heavy atom. The van der Waals surface area contributed by atoms with E-state index in [1.165, 1.54) is 0 Å². The molecule has 0 aliphatic carbocycles. The number of hydrogen-bond acceptors (Lipinski definition) is 16. The summed E-state index contributed by atoms with van der Waals surface area (Å²) in [5.74, 6) is -4.82. The van der Waals surface area contributed by atoms with Gasteiger partial charge in [0.25, 0.3) is 0 Å². The van der Waals surface area contributed by atoms with Crippen LogP contribution >= 0.6 is 0 Å². The number of rotatable bonds is 8. The first-order valence-corrected chi connectivity index (χ1v) is 42.0. The smallest absolute Gasteiger partial charge is 0.545 e. The van der Waals surface area contributed by atoms with Gasteiger partial charge in [0, 0.05) is 111 Å². The number of carbonyl (C=O) groups is 4. The van der Waals surface area contributed by atoms with Gasteiger partial charge in [0.05, 0.1) is 115 Å². The zero-order valence-corrected chi connectivity index (χ0v) is 81.5. The minimum absolute atomic E-state index is 0. The van der Waals surface area contributed by atoms with E-state index in [9.17, 15) is 39.6 Å². The number of aromatic nitrogens is 16. The summed E-state index contributed by atoms with van der Waals surface area (Å²) in [5.41, 5.74) is 35.3. The predicted octanol–water partition coefficient (Wildman–Crippen LogP) is 6.76. The summed E-state index contributed by atoms with van der Waals surface area (Å²) in [6.07, 6.45) is 31.3. The van der Waals surface area contributed by atoms with Crippen molar-refractivity contribution in [2.75, 3.05) is 0 Å². The van der Waals surface area contributed by atoms with Crippen molar-refractivity contribution in [3.8, 4) is 44.5 Å². The largest absolute Gasteiger partial charge is 1.00 e. The maximum absolute atomic E-state index is 11.2. The molecule has 28 heteroatoms. The number of carbonyl (C=O) groups excluding carboxylic acids is 4. The molecule has 24 nitrogen and oxygen atoms in total. The van der Waals surface area contributed by atoms with Crippen LogP contribution < -0.4 is 139 Å². The number of nitrogens with one attached hydrogen (secondary N) is 8. The molecule has 8 N–H and O–H groups in total. The molecule has 4 aromatic carbocycles. The summed E-state index contributed by atoms with van der Waals surface area (Å²) in [4.78, 5) is 111. The molecule has 0 atom stereocenters. The van der Waals surface area contributed by atoms with Crippen LogP contribution in [0.4, 0.5) is 0 Å². The van der Waals surface area contributed by atoms with Crippen molar-refractivity contribution < 1.29 is 158 Å². The maximum atomic E-state index is 11.2. The Kier molecular flexibility index (Phi) is 27.7. The van der Waals surface area contributed by atoms with Gasteiger partial charge < -0.3 is 79.5 Å². The average Bonchev–Trinajstić information content (AvgIpc) is 1.65. The molecule has 32 bridgehead atoms. The molecule has 24 rings (SSSR count). The van der Waals surface area contributed by atoms with Crippen molar-refractivity contribution in [3.63, 3.8) is 0 Å². The van der Waals surface area contributed by atoms with E-state index >= 15 is 0 Å². The summed E-state index contributed by atoms with van der Waals surface area (Å²) in [5, 5.41) is 44.8. The first-order valence-electron chi connectivity index (χ1n) is 42.0. The van der Waals surface area contributed by atoms with Crippen LogP contribution in [0.1, 0.15) is 133 Å². The molecule has 0 fully saturated rings. The Morgan fingerprint density at radius 1 is 0.162 bits per heavy atom. The summed E-state index contributed by atoms with van der Waals surface area (Å²) >= 11 is 0. The maximum Gasteiger partial charge on any atom is 1.00 e. The second-order valence-electron chi connectivity index (χ2n) is 31.7. The number of aromatic amines is 8. The van der Waals surface area contributed by atoms with Gasteiger partial charge in [0.15, 0.2) is 0 Å². The van der Waals surface area contributed by atoms with Crippen molar-refractivity contribution in [3.05, 3.63) is 380 Å². The molecule has 16 aromatic rings. The zero-order chi connectivity index (χ0) is 89.5. The van der Waals surface area contributed by atoms with Crippen LogP contribution in [0.25, 0.3) is 230 Å². The summed E-state index contributed by atoms with van der Waals surface area (Å²) in [6, 6.07) is 82.9. The van der Waals surface area contributed by atoms with Gasteiger partial charge in [0.2, 0.25) is 0 Å². The van der Waals surface area contributed by atoms with E-state index in [4.69, 9.17) is 39.9 Å². The zero-order valence-electron chi connectivity index (χ0n) is 73.5. The Morgan fingerprint density at radius 3 is 0.397 bits per heavy atom. The molecule has 0 saturated carbocycles. The predicted molar refractivity (Wildman–Crippen MR) is 514 cm³/mol. The quantitative estimate of drug-likeness (QED) is 0.0728. The fourth-order valence-corrected chi connectivity index (χ4v) is 16.3. The molecule has 0 unspecified atom stereocenters. The minimum atomic E-state index is -1.20. The van der Waals surface area contributed by atoms with Crippen molar-refractivity contribution in [2.45, 2.75) is 0 Å². The molecule has 136 heavy (non-hydrogen) atoms. The summed E-state index contributed by atoms with van der Waals surface area (Å²) in [6.45, 7) is 0. The Bertz CT molecular complexity index is 7200. The van der Waals surface area contributed by atoms with Crippen LogP contribution in [-0.4, -0.2) is 104 Å². The number of carboxylic acids is 4. The Hall–Kier alpha value is -14.8. The number of fused-ring (bicyclic) bond motifs is 32. The number of hydrogen-bond donors (Lipinski definition) is 8.